The van der Waals surface area contributed by atoms with E-state index < -0.39 is 11.5 Å². The summed E-state index contributed by atoms with van der Waals surface area (Å²) in [4.78, 5) is 26.1. The van der Waals surface area contributed by atoms with E-state index in [1.165, 1.54) is 37.1 Å². The molecule has 2 aromatic carbocycles. The molecule has 3 aromatic rings. The summed E-state index contributed by atoms with van der Waals surface area (Å²) in [7, 11) is 0. The molecule has 2 aliphatic rings. The largest absolute Gasteiger partial charge is 0.486 e. The molecule has 6 heteroatoms. The van der Waals surface area contributed by atoms with E-state index in [1.807, 2.05) is 0 Å². The number of fused-ring (bicyclic) bond motifs is 3. The van der Waals surface area contributed by atoms with Crippen LogP contribution in [-0.4, -0.2) is 17.3 Å². The average Bonchev–Trinajstić information content (AvgIpc) is 2.93. The van der Waals surface area contributed by atoms with Gasteiger partial charge in [-0.25, -0.2) is 4.39 Å². The van der Waals surface area contributed by atoms with Crippen LogP contribution in [0.5, 0.6) is 5.75 Å². The maximum Gasteiger partial charge on any atom is 0.291 e. The van der Waals surface area contributed by atoms with Crippen LogP contribution in [0, 0.1) is 12.7 Å². The van der Waals surface area contributed by atoms with Crippen molar-refractivity contribution in [2.75, 3.05) is 5.32 Å². The second kappa shape index (κ2) is 7.52. The molecule has 2 heterocycles. The minimum Gasteiger partial charge on any atom is -0.486 e. The van der Waals surface area contributed by atoms with E-state index in [0.29, 0.717) is 40.0 Å². The minimum atomic E-state index is -0.446. The van der Waals surface area contributed by atoms with E-state index in [0.717, 1.165) is 25.7 Å². The number of halogens is 1. The third-order valence-electron chi connectivity index (χ3n) is 6.47. The fourth-order valence-corrected chi connectivity index (χ4v) is 4.92. The van der Waals surface area contributed by atoms with Crippen LogP contribution in [0.15, 0.2) is 40.8 Å². The zero-order valence-electron chi connectivity index (χ0n) is 17.4. The highest BCUT2D eigenvalue weighted by Crippen LogP contribution is 2.44. The molecule has 1 aromatic heterocycles. The Morgan fingerprint density at radius 3 is 2.45 bits per heavy atom. The van der Waals surface area contributed by atoms with Crippen LogP contribution in [0.2, 0.25) is 0 Å². The number of carbonyl (C=O) groups excluding carboxylic acids is 2. The van der Waals surface area contributed by atoms with Gasteiger partial charge in [-0.3, -0.25) is 9.59 Å². The maximum atomic E-state index is 13.3. The summed E-state index contributed by atoms with van der Waals surface area (Å²) in [6, 6.07) is 9.06. The van der Waals surface area contributed by atoms with Gasteiger partial charge in [0.1, 0.15) is 22.8 Å². The van der Waals surface area contributed by atoms with Gasteiger partial charge in [-0.2, -0.15) is 0 Å². The third-order valence-corrected chi connectivity index (χ3v) is 6.47. The number of amides is 1. The number of furan rings is 1. The molecule has 1 aliphatic heterocycles. The smallest absolute Gasteiger partial charge is 0.291 e. The zero-order chi connectivity index (χ0) is 21.6. The first-order chi connectivity index (χ1) is 15.0. The van der Waals surface area contributed by atoms with Gasteiger partial charge in [-0.15, -0.1) is 0 Å². The molecule has 1 saturated carbocycles. The fourth-order valence-electron chi connectivity index (χ4n) is 4.92. The molecule has 1 aliphatic carbocycles. The highest BCUT2D eigenvalue weighted by Gasteiger charge is 2.42. The summed E-state index contributed by atoms with van der Waals surface area (Å²) in [5, 5.41) is 3.35. The van der Waals surface area contributed by atoms with E-state index in [2.05, 4.69) is 5.32 Å². The van der Waals surface area contributed by atoms with Crippen molar-refractivity contribution in [3.8, 4) is 5.75 Å². The highest BCUT2D eigenvalue weighted by atomic mass is 19.1. The number of rotatable bonds is 2. The fraction of sp³-hybridized carbons (Fsp3) is 0.360. The zero-order valence-corrected chi connectivity index (χ0v) is 17.4. The average molecular weight is 421 g/mol. The quantitative estimate of drug-likeness (QED) is 0.536. The standard InChI is InChI=1S/C25H24FNO4/c1-15-21-19(30-23(15)24(29)27-17-8-6-16(26)7-9-17)10-11-20-22(21)18(28)14-25(31-20)12-4-2-3-5-13-25/h6-11H,2-5,12-14H2,1H3,(H,27,29). The molecule has 1 fully saturated rings. The SMILES string of the molecule is Cc1c(C(=O)Nc2ccc(F)cc2)oc2ccc3c(c12)C(=O)CC1(CCCCCC1)O3. The molecule has 1 spiro atoms. The predicted octanol–water partition coefficient (Wildman–Crippen LogP) is 6.19. The first kappa shape index (κ1) is 19.8. The van der Waals surface area contributed by atoms with Gasteiger partial charge in [-0.05, 0) is 69.0 Å². The van der Waals surface area contributed by atoms with Crippen LogP contribution in [0.25, 0.3) is 11.0 Å². The number of benzene rings is 2. The highest BCUT2D eigenvalue weighted by molar-refractivity contribution is 6.14. The van der Waals surface area contributed by atoms with E-state index in [9.17, 15) is 14.0 Å². The topological polar surface area (TPSA) is 68.5 Å². The Bertz CT molecular complexity index is 1170. The number of aryl methyl sites for hydroxylation is 1. The van der Waals surface area contributed by atoms with E-state index in [1.54, 1.807) is 19.1 Å². The van der Waals surface area contributed by atoms with Crippen LogP contribution >= 0.6 is 0 Å². The summed E-state index contributed by atoms with van der Waals surface area (Å²) >= 11 is 0. The maximum absolute atomic E-state index is 13.3. The normalized spacial score (nSPS) is 17.8. The summed E-state index contributed by atoms with van der Waals surface area (Å²) in [5.74, 6) is -0.0635. The second-order valence-electron chi connectivity index (χ2n) is 8.63. The van der Waals surface area contributed by atoms with Crippen molar-refractivity contribution < 1.29 is 23.1 Å². The molecular weight excluding hydrogens is 397 g/mol. The molecule has 31 heavy (non-hydrogen) atoms. The summed E-state index contributed by atoms with van der Waals surface area (Å²) in [6.45, 7) is 1.77. The van der Waals surface area contributed by atoms with E-state index >= 15 is 0 Å². The lowest BCUT2D eigenvalue weighted by molar-refractivity contribution is 0.0301. The molecule has 160 valence electrons. The molecule has 0 atom stereocenters. The Kier molecular flexibility index (Phi) is 4.80. The van der Waals surface area contributed by atoms with Crippen LogP contribution in [0.1, 0.15) is 71.4 Å². The van der Waals surface area contributed by atoms with Gasteiger partial charge < -0.3 is 14.5 Å². The van der Waals surface area contributed by atoms with Gasteiger partial charge in [0.2, 0.25) is 0 Å². The van der Waals surface area contributed by atoms with Crippen LogP contribution < -0.4 is 10.1 Å². The second-order valence-corrected chi connectivity index (χ2v) is 8.63. The molecule has 5 rings (SSSR count). The number of ketones is 1. The Labute approximate surface area is 179 Å². The lowest BCUT2D eigenvalue weighted by atomic mass is 9.83. The number of Topliss-reactive ketones (excluding diaryl/α,β-unsaturated/α-hetero) is 1. The third kappa shape index (κ3) is 3.50. The van der Waals surface area contributed by atoms with Gasteiger partial charge in [-0.1, -0.05) is 12.8 Å². The Morgan fingerprint density at radius 2 is 1.74 bits per heavy atom. The molecule has 1 N–H and O–H groups in total. The first-order valence-electron chi connectivity index (χ1n) is 10.8. The number of hydrogen-bond acceptors (Lipinski definition) is 4. The van der Waals surface area contributed by atoms with Crippen molar-refractivity contribution in [2.45, 2.75) is 57.5 Å². The molecular formula is C25H24FNO4. The van der Waals surface area contributed by atoms with Gasteiger partial charge in [0.25, 0.3) is 5.91 Å². The van der Waals surface area contributed by atoms with Crippen molar-refractivity contribution in [1.29, 1.82) is 0 Å². The molecule has 5 nitrogen and oxygen atoms in total. The molecule has 0 saturated heterocycles. The predicted molar refractivity (Wildman–Crippen MR) is 115 cm³/mol. The van der Waals surface area contributed by atoms with Crippen LogP contribution in [0.3, 0.4) is 0 Å². The number of carbonyl (C=O) groups is 2. The number of nitrogens with one attached hydrogen (secondary N) is 1. The summed E-state index contributed by atoms with van der Waals surface area (Å²) < 4.78 is 25.4. The minimum absolute atomic E-state index is 0.0446. The van der Waals surface area contributed by atoms with Crippen LogP contribution in [0.4, 0.5) is 10.1 Å². The Hall–Kier alpha value is -3.15. The van der Waals surface area contributed by atoms with Crippen molar-refractivity contribution >= 4 is 28.3 Å². The van der Waals surface area contributed by atoms with E-state index in [4.69, 9.17) is 9.15 Å². The van der Waals surface area contributed by atoms with E-state index in [-0.39, 0.29) is 17.4 Å². The first-order valence-corrected chi connectivity index (χ1v) is 10.8. The van der Waals surface area contributed by atoms with Gasteiger partial charge in [0.05, 0.1) is 12.0 Å². The Morgan fingerprint density at radius 1 is 1.03 bits per heavy atom. The Balaban J connectivity index is 1.51. The molecule has 0 bridgehead atoms. The summed E-state index contributed by atoms with van der Waals surface area (Å²) in [5.41, 5.74) is 1.64. The van der Waals surface area contributed by atoms with Crippen molar-refractivity contribution in [3.63, 3.8) is 0 Å². The molecule has 0 unspecified atom stereocenters. The number of hydrogen-bond donors (Lipinski definition) is 1. The van der Waals surface area contributed by atoms with Gasteiger partial charge >= 0.3 is 0 Å². The molecule has 0 radical (unpaired) electrons. The lowest BCUT2D eigenvalue weighted by Gasteiger charge is -2.37. The van der Waals surface area contributed by atoms with Crippen molar-refractivity contribution in [1.82, 2.24) is 0 Å². The lowest BCUT2D eigenvalue weighted by Crippen LogP contribution is -2.41. The van der Waals surface area contributed by atoms with Gasteiger partial charge in [0.15, 0.2) is 11.5 Å². The summed E-state index contributed by atoms with van der Waals surface area (Å²) in [6.07, 6.45) is 6.66. The monoisotopic (exact) mass is 421 g/mol. The van der Waals surface area contributed by atoms with Crippen molar-refractivity contribution in [2.24, 2.45) is 0 Å². The van der Waals surface area contributed by atoms with Crippen LogP contribution in [-0.2, 0) is 0 Å². The molecule has 1 amide bonds. The van der Waals surface area contributed by atoms with Gasteiger partial charge in [0, 0.05) is 16.6 Å². The van der Waals surface area contributed by atoms with Crippen molar-refractivity contribution in [3.05, 3.63) is 59.1 Å². The number of ether oxygens (including phenoxy) is 1. The number of anilines is 1.